The lowest BCUT2D eigenvalue weighted by atomic mass is 10.3. The summed E-state index contributed by atoms with van der Waals surface area (Å²) in [5, 5.41) is 0.451. The topological polar surface area (TPSA) is 43.4 Å². The van der Waals surface area contributed by atoms with E-state index >= 15 is 0 Å². The first-order valence-corrected chi connectivity index (χ1v) is 6.60. The Balaban J connectivity index is 2.38. The van der Waals surface area contributed by atoms with Gasteiger partial charge in [0.2, 0.25) is 0 Å². The van der Waals surface area contributed by atoms with Crippen molar-refractivity contribution in [2.75, 3.05) is 0 Å². The Morgan fingerprint density at radius 1 is 1.00 bits per heavy atom. The lowest BCUT2D eigenvalue weighted by molar-refractivity contribution is 0.405. The summed E-state index contributed by atoms with van der Waals surface area (Å²) in [5.41, 5.74) is 0. The van der Waals surface area contributed by atoms with Crippen LogP contribution in [0.5, 0.6) is 11.5 Å². The van der Waals surface area contributed by atoms with E-state index in [1.165, 1.54) is 24.3 Å². The molecule has 19 heavy (non-hydrogen) atoms. The summed E-state index contributed by atoms with van der Waals surface area (Å²) in [6.07, 6.45) is 0. The molecule has 0 saturated heterocycles. The van der Waals surface area contributed by atoms with Gasteiger partial charge in [0.05, 0.1) is 4.90 Å². The normalized spacial score (nSPS) is 10.7. The maximum absolute atomic E-state index is 13.6. The third-order valence-electron chi connectivity index (χ3n) is 2.23. The number of halogens is 3. The zero-order valence-electron chi connectivity index (χ0n) is 9.27. The van der Waals surface area contributed by atoms with Gasteiger partial charge < -0.3 is 4.74 Å². The van der Waals surface area contributed by atoms with Crippen molar-refractivity contribution in [1.82, 2.24) is 0 Å². The Labute approximate surface area is 114 Å². The summed E-state index contributed by atoms with van der Waals surface area (Å²) in [7, 11) is -3.06. The van der Waals surface area contributed by atoms with Gasteiger partial charge in [0.15, 0.2) is 28.1 Å². The number of ether oxygens (including phenoxy) is 1. The van der Waals surface area contributed by atoms with Gasteiger partial charge in [0, 0.05) is 5.02 Å². The molecular formula is C12H7ClF2O3S. The van der Waals surface area contributed by atoms with Crippen LogP contribution in [-0.2, 0) is 10.7 Å². The van der Waals surface area contributed by atoms with E-state index in [4.69, 9.17) is 16.3 Å². The van der Waals surface area contributed by atoms with Crippen LogP contribution in [0.15, 0.2) is 41.3 Å². The molecule has 0 amide bonds. The van der Waals surface area contributed by atoms with Crippen molar-refractivity contribution < 1.29 is 21.9 Å². The highest BCUT2D eigenvalue weighted by molar-refractivity contribution is 7.72. The minimum absolute atomic E-state index is 0.182. The lowest BCUT2D eigenvalue weighted by Gasteiger charge is -2.08. The van der Waals surface area contributed by atoms with E-state index in [0.717, 1.165) is 0 Å². The number of hydrogen-bond donors (Lipinski definition) is 1. The van der Waals surface area contributed by atoms with E-state index in [1.807, 2.05) is 0 Å². The predicted molar refractivity (Wildman–Crippen MR) is 66.5 cm³/mol. The maximum atomic E-state index is 13.6. The molecule has 0 unspecified atom stereocenters. The van der Waals surface area contributed by atoms with Crippen molar-refractivity contribution in [3.63, 3.8) is 0 Å². The Kier molecular flexibility index (Phi) is 4.01. The SMILES string of the molecule is O=[SH](=O)c1cc(F)c(Oc2ccc(Cl)cc2)c(F)c1. The molecule has 100 valence electrons. The van der Waals surface area contributed by atoms with Gasteiger partial charge in [-0.15, -0.1) is 0 Å². The van der Waals surface area contributed by atoms with Gasteiger partial charge in [0.1, 0.15) is 5.75 Å². The molecule has 0 aliphatic rings. The average Bonchev–Trinajstić information content (AvgIpc) is 2.35. The Bertz CT molecular complexity index is 653. The van der Waals surface area contributed by atoms with Crippen molar-refractivity contribution in [1.29, 1.82) is 0 Å². The molecule has 2 aromatic rings. The number of rotatable bonds is 3. The third kappa shape index (κ3) is 3.21. The fourth-order valence-corrected chi connectivity index (χ4v) is 1.93. The summed E-state index contributed by atoms with van der Waals surface area (Å²) in [4.78, 5) is -0.451. The van der Waals surface area contributed by atoms with E-state index in [2.05, 4.69) is 0 Å². The van der Waals surface area contributed by atoms with Crippen molar-refractivity contribution in [2.45, 2.75) is 4.90 Å². The lowest BCUT2D eigenvalue weighted by Crippen LogP contribution is -1.95. The smallest absolute Gasteiger partial charge is 0.198 e. The minimum atomic E-state index is -3.06. The van der Waals surface area contributed by atoms with Gasteiger partial charge in [-0.3, -0.25) is 0 Å². The van der Waals surface area contributed by atoms with Crippen molar-refractivity contribution in [3.05, 3.63) is 53.1 Å². The van der Waals surface area contributed by atoms with E-state index in [0.29, 0.717) is 17.2 Å². The molecular weight excluding hydrogens is 298 g/mol. The molecule has 0 radical (unpaired) electrons. The molecule has 0 heterocycles. The standard InChI is InChI=1S/C12H7ClF2O3S/c13-7-1-3-8(4-2-7)18-12-10(14)5-9(19(16)17)6-11(12)15/h1-6,19H. The van der Waals surface area contributed by atoms with Gasteiger partial charge >= 0.3 is 0 Å². The Morgan fingerprint density at radius 2 is 1.53 bits per heavy atom. The summed E-state index contributed by atoms with van der Waals surface area (Å²) in [5.74, 6) is -2.67. The molecule has 3 nitrogen and oxygen atoms in total. The molecule has 0 spiro atoms. The van der Waals surface area contributed by atoms with Crippen LogP contribution in [0.4, 0.5) is 8.78 Å². The van der Waals surface area contributed by atoms with Crippen LogP contribution in [0.2, 0.25) is 5.02 Å². The first-order valence-electron chi connectivity index (χ1n) is 5.04. The largest absolute Gasteiger partial charge is 0.451 e. The van der Waals surface area contributed by atoms with Crippen LogP contribution in [0.3, 0.4) is 0 Å². The predicted octanol–water partition coefficient (Wildman–Crippen LogP) is 3.38. The first-order chi connectivity index (χ1) is 8.97. The van der Waals surface area contributed by atoms with E-state index in [9.17, 15) is 17.2 Å². The molecule has 0 N–H and O–H groups in total. The van der Waals surface area contributed by atoms with Crippen LogP contribution in [0.25, 0.3) is 0 Å². The third-order valence-corrected chi connectivity index (χ3v) is 3.16. The summed E-state index contributed by atoms with van der Waals surface area (Å²) in [6, 6.07) is 7.25. The van der Waals surface area contributed by atoms with Crippen LogP contribution < -0.4 is 4.74 Å². The van der Waals surface area contributed by atoms with Gasteiger partial charge in [-0.05, 0) is 36.4 Å². The van der Waals surface area contributed by atoms with E-state index in [-0.39, 0.29) is 5.75 Å². The second kappa shape index (κ2) is 5.54. The minimum Gasteiger partial charge on any atom is -0.451 e. The van der Waals surface area contributed by atoms with Crippen LogP contribution in [0, 0.1) is 11.6 Å². The van der Waals surface area contributed by atoms with Gasteiger partial charge in [-0.25, -0.2) is 17.2 Å². The highest BCUT2D eigenvalue weighted by Gasteiger charge is 2.14. The quantitative estimate of drug-likeness (QED) is 0.884. The van der Waals surface area contributed by atoms with Gasteiger partial charge in [-0.2, -0.15) is 0 Å². The number of thiol groups is 1. The van der Waals surface area contributed by atoms with Gasteiger partial charge in [0.25, 0.3) is 0 Å². The second-order valence-corrected chi connectivity index (χ2v) is 5.02. The maximum Gasteiger partial charge on any atom is 0.198 e. The summed E-state index contributed by atoms with van der Waals surface area (Å²) in [6.45, 7) is 0. The summed E-state index contributed by atoms with van der Waals surface area (Å²) >= 11 is 5.66. The molecule has 0 aromatic heterocycles. The Morgan fingerprint density at radius 3 is 2.00 bits per heavy atom. The van der Waals surface area contributed by atoms with Gasteiger partial charge in [-0.1, -0.05) is 11.6 Å². The molecule has 0 fully saturated rings. The molecule has 0 aliphatic carbocycles. The average molecular weight is 305 g/mol. The zero-order chi connectivity index (χ0) is 14.0. The molecule has 0 saturated carbocycles. The molecule has 2 aromatic carbocycles. The summed E-state index contributed by atoms with van der Waals surface area (Å²) < 4.78 is 53.5. The Hall–Kier alpha value is -1.66. The van der Waals surface area contributed by atoms with Crippen LogP contribution in [-0.4, -0.2) is 8.42 Å². The van der Waals surface area contributed by atoms with Crippen molar-refractivity contribution in [3.8, 4) is 11.5 Å². The van der Waals surface area contributed by atoms with Crippen LogP contribution in [0.1, 0.15) is 0 Å². The molecule has 0 atom stereocenters. The first kappa shape index (κ1) is 13.8. The molecule has 0 bridgehead atoms. The fourth-order valence-electron chi connectivity index (χ4n) is 1.37. The van der Waals surface area contributed by atoms with E-state index in [1.54, 1.807) is 0 Å². The fraction of sp³-hybridized carbons (Fsp3) is 0. The van der Waals surface area contributed by atoms with Crippen molar-refractivity contribution in [2.24, 2.45) is 0 Å². The number of hydrogen-bond acceptors (Lipinski definition) is 3. The monoisotopic (exact) mass is 304 g/mol. The van der Waals surface area contributed by atoms with E-state index < -0.39 is 33.0 Å². The zero-order valence-corrected chi connectivity index (χ0v) is 10.9. The van der Waals surface area contributed by atoms with Crippen LogP contribution >= 0.6 is 11.6 Å². The molecule has 0 aliphatic heterocycles. The highest BCUT2D eigenvalue weighted by atomic mass is 35.5. The highest BCUT2D eigenvalue weighted by Crippen LogP contribution is 2.29. The number of benzene rings is 2. The van der Waals surface area contributed by atoms with Crippen molar-refractivity contribution >= 4 is 22.3 Å². The second-order valence-electron chi connectivity index (χ2n) is 3.55. The molecule has 2 rings (SSSR count). The molecule has 7 heteroatoms.